The van der Waals surface area contributed by atoms with E-state index in [9.17, 15) is 19.2 Å². The normalized spacial score (nSPS) is 21.4. The van der Waals surface area contributed by atoms with Gasteiger partial charge >= 0.3 is 12.2 Å². The average Bonchev–Trinajstić information content (AvgIpc) is 4.00. The Labute approximate surface area is 363 Å². The summed E-state index contributed by atoms with van der Waals surface area (Å²) >= 11 is 0. The Morgan fingerprint density at radius 3 is 2.00 bits per heavy atom. The number of ether oxygens (including phenoxy) is 2. The molecule has 1 saturated carbocycles. The van der Waals surface area contributed by atoms with E-state index in [2.05, 4.69) is 75.5 Å². The fourth-order valence-corrected chi connectivity index (χ4v) is 9.69. The van der Waals surface area contributed by atoms with Gasteiger partial charge in [0.15, 0.2) is 0 Å². The second-order valence-electron chi connectivity index (χ2n) is 18.0. The standard InChI is InChI=1S/C47H58N8O6.4H2/c1-25(2)41(50-46(58)60-7)44(56)54-21-27(5)17-32(54)23-53-24-38(52-53)30-11-9-29(10-12-30)33-15-16-35(36-19-31-13-14-34(31)40(33)36)37-20-48-43(49-37)39-18-28(6)22-55(39)45(57)42(26(3)4)51-47(59)61-8;;;;/h9-12,15-18,20,24-26,31-32,34,39,41-42,52H,13-14,19,21-23H2,1-8H3,(H,48,49)(H,50,58)(H,51,59);4*1H/t31?,32-,34?,39-,41-,42-;;;;/m0..../s1. The Morgan fingerprint density at radius 1 is 0.803 bits per heavy atom. The smallest absolute Gasteiger partial charge is 0.407 e. The largest absolute Gasteiger partial charge is 0.453 e. The maximum atomic E-state index is 13.9. The van der Waals surface area contributed by atoms with Crippen LogP contribution in [0.25, 0.3) is 33.6 Å². The van der Waals surface area contributed by atoms with Crippen LogP contribution in [0.3, 0.4) is 0 Å². The molecule has 1 fully saturated rings. The molecule has 4 N–H and O–H groups in total. The number of fused-ring (bicyclic) bond motifs is 3. The van der Waals surface area contributed by atoms with Gasteiger partial charge in [-0.05, 0) is 79.0 Å². The van der Waals surface area contributed by atoms with E-state index in [1.165, 1.54) is 49.3 Å². The Bertz CT molecular complexity index is 2390. The summed E-state index contributed by atoms with van der Waals surface area (Å²) < 4.78 is 11.6. The van der Waals surface area contributed by atoms with Crippen LogP contribution in [0.2, 0.25) is 0 Å². The highest BCUT2D eigenvalue weighted by molar-refractivity contribution is 5.88. The van der Waals surface area contributed by atoms with Crippen LogP contribution in [0.15, 0.2) is 72.1 Å². The Hall–Kier alpha value is -6.05. The predicted molar refractivity (Wildman–Crippen MR) is 241 cm³/mol. The van der Waals surface area contributed by atoms with Crippen molar-refractivity contribution < 1.29 is 34.4 Å². The van der Waals surface area contributed by atoms with E-state index in [-0.39, 0.29) is 41.4 Å². The van der Waals surface area contributed by atoms with Gasteiger partial charge in [-0.3, -0.25) is 19.4 Å². The van der Waals surface area contributed by atoms with E-state index >= 15 is 0 Å². The number of hydrogen-bond acceptors (Lipinski definition) is 7. The fraction of sp³-hybridized carbons (Fsp3) is 0.468. The monoisotopic (exact) mass is 839 g/mol. The number of H-pyrrole nitrogens is 2. The van der Waals surface area contributed by atoms with E-state index < -0.39 is 24.3 Å². The van der Waals surface area contributed by atoms with Crippen LogP contribution in [0.1, 0.15) is 89.0 Å². The van der Waals surface area contributed by atoms with Gasteiger partial charge in [-0.1, -0.05) is 87.4 Å². The van der Waals surface area contributed by atoms with Crippen molar-refractivity contribution in [2.24, 2.45) is 17.8 Å². The van der Waals surface area contributed by atoms with E-state index in [1.54, 1.807) is 4.90 Å². The van der Waals surface area contributed by atoms with Gasteiger partial charge in [-0.2, -0.15) is 0 Å². The van der Waals surface area contributed by atoms with Crippen molar-refractivity contribution in [1.82, 2.24) is 40.2 Å². The minimum absolute atomic E-state index is 0. The third kappa shape index (κ3) is 7.99. The van der Waals surface area contributed by atoms with E-state index in [4.69, 9.17) is 14.5 Å². The van der Waals surface area contributed by atoms with E-state index in [0.29, 0.717) is 37.3 Å². The van der Waals surface area contributed by atoms with Crippen LogP contribution in [-0.4, -0.2) is 99.0 Å². The number of hydrogen-bond donors (Lipinski definition) is 4. The third-order valence-electron chi connectivity index (χ3n) is 13.1. The van der Waals surface area contributed by atoms with Crippen LogP contribution in [0, 0.1) is 17.8 Å². The molecule has 61 heavy (non-hydrogen) atoms. The molecule has 14 heteroatoms. The summed E-state index contributed by atoms with van der Waals surface area (Å²) in [4.78, 5) is 63.7. The first-order chi connectivity index (χ1) is 29.2. The van der Waals surface area contributed by atoms with Gasteiger partial charge in [-0.15, -0.1) is 0 Å². The summed E-state index contributed by atoms with van der Waals surface area (Å²) in [7, 11) is 2.60. The number of methoxy groups -OCH3 is 2. The van der Waals surface area contributed by atoms with Crippen molar-refractivity contribution in [3.8, 4) is 33.6 Å². The second kappa shape index (κ2) is 16.8. The van der Waals surface area contributed by atoms with Gasteiger partial charge in [0.1, 0.15) is 23.9 Å². The lowest BCUT2D eigenvalue weighted by atomic mass is 9.73. The summed E-state index contributed by atoms with van der Waals surface area (Å²) in [6.07, 6.45) is 10.4. The molecule has 0 saturated heterocycles. The third-order valence-corrected chi connectivity index (χ3v) is 13.1. The molecule has 6 atom stereocenters. The molecule has 2 unspecified atom stereocenters. The van der Waals surface area contributed by atoms with Crippen molar-refractivity contribution in [3.05, 3.63) is 89.0 Å². The number of nitrogens with zero attached hydrogens (tertiary/aromatic N) is 4. The summed E-state index contributed by atoms with van der Waals surface area (Å²) in [5.74, 6) is 1.35. The van der Waals surface area contributed by atoms with Crippen molar-refractivity contribution in [2.75, 3.05) is 27.3 Å². The lowest BCUT2D eigenvalue weighted by molar-refractivity contribution is -0.135. The molecule has 330 valence electrons. The van der Waals surface area contributed by atoms with Crippen molar-refractivity contribution in [2.45, 2.75) is 97.4 Å². The molecule has 2 aliphatic carbocycles. The molecular weight excluding hydrogens is 773 g/mol. The number of carbonyl (C=O) groups excluding carboxylic acids is 4. The lowest BCUT2D eigenvalue weighted by Crippen LogP contribution is -2.53. The number of alkyl carbamates (subject to hydrolysis) is 2. The molecule has 2 aromatic carbocycles. The zero-order valence-electron chi connectivity index (χ0n) is 36.4. The highest BCUT2D eigenvalue weighted by Crippen LogP contribution is 2.56. The topological polar surface area (TPSA) is 167 Å². The number of rotatable bonds is 12. The maximum absolute atomic E-state index is 13.9. The average molecular weight is 839 g/mol. The van der Waals surface area contributed by atoms with Crippen molar-refractivity contribution in [3.63, 3.8) is 0 Å². The number of benzene rings is 2. The van der Waals surface area contributed by atoms with Crippen LogP contribution in [0.4, 0.5) is 9.59 Å². The zero-order chi connectivity index (χ0) is 43.3. The van der Waals surface area contributed by atoms with Crippen molar-refractivity contribution >= 4 is 24.0 Å². The van der Waals surface area contributed by atoms with Crippen LogP contribution in [0.5, 0.6) is 0 Å². The van der Waals surface area contributed by atoms with Gasteiger partial charge in [0.25, 0.3) is 0 Å². The van der Waals surface area contributed by atoms with Gasteiger partial charge in [-0.25, -0.2) is 14.6 Å². The van der Waals surface area contributed by atoms with Gasteiger partial charge in [0.2, 0.25) is 11.8 Å². The Morgan fingerprint density at radius 2 is 1.39 bits per heavy atom. The predicted octanol–water partition coefficient (Wildman–Crippen LogP) is 8.32. The number of imidazole rings is 1. The number of carbonyl (C=O) groups is 4. The number of aromatic nitrogens is 4. The van der Waals surface area contributed by atoms with Crippen LogP contribution >= 0.6 is 0 Å². The first-order valence-electron chi connectivity index (χ1n) is 21.5. The highest BCUT2D eigenvalue weighted by atomic mass is 16.5. The van der Waals surface area contributed by atoms with Crippen LogP contribution < -0.4 is 10.6 Å². The lowest BCUT2D eigenvalue weighted by Gasteiger charge is -2.32. The summed E-state index contributed by atoms with van der Waals surface area (Å²) in [6, 6.07) is 11.3. The van der Waals surface area contributed by atoms with Gasteiger partial charge < -0.3 is 34.9 Å². The van der Waals surface area contributed by atoms with Crippen molar-refractivity contribution in [1.29, 1.82) is 0 Å². The molecule has 0 spiro atoms. The molecule has 0 bridgehead atoms. The number of amides is 4. The summed E-state index contributed by atoms with van der Waals surface area (Å²) in [6.45, 7) is 13.2. The zero-order valence-corrected chi connectivity index (χ0v) is 36.4. The Balaban J connectivity index is 0.00000231. The first kappa shape index (κ1) is 41.7. The number of aromatic amines is 2. The maximum Gasteiger partial charge on any atom is 0.407 e. The fourth-order valence-electron chi connectivity index (χ4n) is 9.69. The molecular formula is C47H66N8O6. The summed E-state index contributed by atoms with van der Waals surface area (Å²) in [5.41, 5.74) is 11.6. The SMILES string of the molecule is COC(=O)N[C@H](C(=O)N1CC(C)=C[C@H]1Cn1cc(-c2ccc(-c3ccc(-c4cnc([C@@H]5C=C(C)CN5C(=O)[C@@H](NC(=O)OC)C(C)C)[nH]4)c4c3C3CCC3C4)cc2)[nH]1)C(C)C.[HH].[HH].[HH].[HH]. The first-order valence-corrected chi connectivity index (χ1v) is 21.5. The van der Waals surface area contributed by atoms with E-state index in [0.717, 1.165) is 40.1 Å². The minimum atomic E-state index is -0.725. The molecule has 2 aromatic heterocycles. The molecule has 2 aliphatic heterocycles. The minimum Gasteiger partial charge on any atom is -0.453 e. The molecule has 4 heterocycles. The Kier molecular flexibility index (Phi) is 11.5. The molecule has 4 amide bonds. The summed E-state index contributed by atoms with van der Waals surface area (Å²) in [5, 5.41) is 8.92. The van der Waals surface area contributed by atoms with E-state index in [1.807, 2.05) is 57.3 Å². The number of nitrogens with one attached hydrogen (secondary N) is 4. The molecule has 4 aromatic rings. The second-order valence-corrected chi connectivity index (χ2v) is 18.0. The molecule has 4 aliphatic rings. The van der Waals surface area contributed by atoms with Gasteiger partial charge in [0.05, 0.1) is 44.4 Å². The molecule has 0 radical (unpaired) electrons. The molecule has 8 rings (SSSR count). The highest BCUT2D eigenvalue weighted by Gasteiger charge is 2.43. The quantitative estimate of drug-likeness (QED) is 0.104. The molecule has 14 nitrogen and oxygen atoms in total. The van der Waals surface area contributed by atoms with Crippen LogP contribution in [-0.2, 0) is 32.0 Å². The van der Waals surface area contributed by atoms with Gasteiger partial charge in [0, 0.05) is 36.1 Å².